The van der Waals surface area contributed by atoms with Crippen molar-refractivity contribution in [3.05, 3.63) is 352 Å². The number of benzene rings is 12. The van der Waals surface area contributed by atoms with Crippen LogP contribution in [0.1, 0.15) is 0 Å². The van der Waals surface area contributed by atoms with Gasteiger partial charge in [-0.25, -0.2) is 9.97 Å². The summed E-state index contributed by atoms with van der Waals surface area (Å²) in [5, 5.41) is 4.74. The number of anilines is 6. The zero-order valence-corrected chi connectivity index (χ0v) is 51.1. The van der Waals surface area contributed by atoms with Gasteiger partial charge in [0, 0.05) is 102 Å². The van der Waals surface area contributed by atoms with Crippen molar-refractivity contribution in [2.75, 3.05) is 9.80 Å². The van der Waals surface area contributed by atoms with E-state index < -0.39 is 0 Å². The Morgan fingerprint density at radius 2 is 0.564 bits per heavy atom. The SMILES string of the molecule is c1ccc(-c2nc3ccccn3c2-c2cccc(N(c3ccc(-c4ccc(N(c5cccc(-c6c(-c7ccccc7)nc7ccccn67)c5)c5ccc6c(c5)c5ccccc5n6-c5ccccc5)cc4)cc3)c3ccc4c(c3)c3ccccc3n4-c3ccccc3)c2)cc1. The van der Waals surface area contributed by atoms with Crippen LogP contribution in [0.25, 0.3) is 122 Å². The van der Waals surface area contributed by atoms with E-state index in [-0.39, 0.29) is 0 Å². The van der Waals surface area contributed by atoms with Crippen molar-refractivity contribution in [1.29, 1.82) is 0 Å². The second-order valence-electron chi connectivity index (χ2n) is 23.9. The fraction of sp³-hybridized carbons (Fsp3) is 0. The quantitative estimate of drug-likeness (QED) is 0.115. The van der Waals surface area contributed by atoms with Crippen molar-refractivity contribution >= 4 is 89.0 Å². The summed E-state index contributed by atoms with van der Waals surface area (Å²) in [6.07, 6.45) is 4.23. The summed E-state index contributed by atoms with van der Waals surface area (Å²) in [5.74, 6) is 0. The van der Waals surface area contributed by atoms with Crippen LogP contribution in [0.3, 0.4) is 0 Å². The Hall–Kier alpha value is -12.8. The largest absolute Gasteiger partial charge is 0.310 e. The monoisotopic (exact) mass is 1200 g/mol. The Kier molecular flexibility index (Phi) is 13.0. The molecule has 12 aromatic carbocycles. The molecule has 0 aliphatic rings. The maximum absolute atomic E-state index is 5.23. The predicted molar refractivity (Wildman–Crippen MR) is 389 cm³/mol. The molecule has 8 heteroatoms. The van der Waals surface area contributed by atoms with Crippen LogP contribution in [0.5, 0.6) is 0 Å². The van der Waals surface area contributed by atoms with Crippen molar-refractivity contribution in [3.8, 4) is 67.5 Å². The molecule has 0 aliphatic carbocycles. The number of rotatable bonds is 13. The average Bonchev–Trinajstić information content (AvgIpc) is 1.62. The van der Waals surface area contributed by atoms with Crippen LogP contribution in [0.2, 0.25) is 0 Å². The van der Waals surface area contributed by atoms with E-state index >= 15 is 0 Å². The van der Waals surface area contributed by atoms with Crippen LogP contribution >= 0.6 is 0 Å². The summed E-state index contributed by atoms with van der Waals surface area (Å²) in [6.45, 7) is 0. The van der Waals surface area contributed by atoms with Gasteiger partial charge in [-0.3, -0.25) is 8.80 Å². The summed E-state index contributed by atoms with van der Waals surface area (Å²) < 4.78 is 9.17. The smallest absolute Gasteiger partial charge is 0.137 e. The molecule has 94 heavy (non-hydrogen) atoms. The zero-order valence-electron chi connectivity index (χ0n) is 51.1. The van der Waals surface area contributed by atoms with Crippen molar-refractivity contribution in [3.63, 3.8) is 0 Å². The van der Waals surface area contributed by atoms with Crippen molar-refractivity contribution < 1.29 is 0 Å². The van der Waals surface area contributed by atoms with Gasteiger partial charge >= 0.3 is 0 Å². The first-order valence-corrected chi connectivity index (χ1v) is 31.9. The van der Waals surface area contributed by atoms with Crippen LogP contribution in [0, 0.1) is 0 Å². The fourth-order valence-corrected chi connectivity index (χ4v) is 14.1. The van der Waals surface area contributed by atoms with Gasteiger partial charge in [-0.15, -0.1) is 0 Å². The normalized spacial score (nSPS) is 11.6. The van der Waals surface area contributed by atoms with E-state index in [1.54, 1.807) is 0 Å². The molecule has 0 amide bonds. The van der Waals surface area contributed by atoms with Gasteiger partial charge in [0.2, 0.25) is 0 Å². The Labute approximate surface area is 543 Å². The van der Waals surface area contributed by atoms with Crippen molar-refractivity contribution in [2.45, 2.75) is 0 Å². The number of aromatic nitrogens is 6. The summed E-state index contributed by atoms with van der Waals surface area (Å²) in [5.41, 5.74) is 25.3. The van der Waals surface area contributed by atoms with Crippen LogP contribution in [0.4, 0.5) is 34.1 Å². The van der Waals surface area contributed by atoms with E-state index in [1.165, 1.54) is 21.5 Å². The second kappa shape index (κ2) is 22.6. The number of nitrogens with zero attached hydrogens (tertiary/aromatic N) is 8. The van der Waals surface area contributed by atoms with Crippen molar-refractivity contribution in [2.24, 2.45) is 0 Å². The van der Waals surface area contributed by atoms with Crippen molar-refractivity contribution in [1.82, 2.24) is 27.9 Å². The highest BCUT2D eigenvalue weighted by atomic mass is 15.2. The molecule has 0 radical (unpaired) electrons. The number of hydrogen-bond acceptors (Lipinski definition) is 4. The molecule has 0 aliphatic heterocycles. The molecule has 0 unspecified atom stereocenters. The van der Waals surface area contributed by atoms with E-state index in [1.807, 2.05) is 0 Å². The van der Waals surface area contributed by atoms with Crippen LogP contribution < -0.4 is 9.80 Å². The lowest BCUT2D eigenvalue weighted by Gasteiger charge is -2.27. The minimum Gasteiger partial charge on any atom is -0.310 e. The maximum atomic E-state index is 5.23. The second-order valence-corrected chi connectivity index (χ2v) is 23.9. The molecule has 0 atom stereocenters. The highest BCUT2D eigenvalue weighted by Crippen LogP contribution is 2.46. The lowest BCUT2D eigenvalue weighted by atomic mass is 10.0. The standard InChI is InChI=1S/C86H58N8/c1-5-23-61(24-6-1)83-85(89-53-19-17-39-81(89)87-83)63-27-21-33-69(55-63)91(71-49-51-79-75(57-71)73-35-13-15-37-77(73)93(79)65-29-9-3-10-30-65)67-45-41-59(42-46-67)60-43-47-68(48-44-60)92(72-50-52-80-76(58-72)74-36-14-16-38-78(74)94(80)66-31-11-4-12-32-66)70-34-22-28-64(56-70)86-84(62-25-7-2-8-26-62)88-82-40-18-20-54-90(82)86/h1-58H. The van der Waals surface area contributed by atoms with Crippen LogP contribution in [-0.4, -0.2) is 27.9 Å². The third kappa shape index (κ3) is 9.22. The third-order valence-corrected chi connectivity index (χ3v) is 18.4. The Morgan fingerprint density at radius 1 is 0.223 bits per heavy atom. The number of pyridine rings is 2. The molecule has 0 saturated heterocycles. The first kappa shape index (κ1) is 54.2. The summed E-state index contributed by atoms with van der Waals surface area (Å²) in [7, 11) is 0. The highest BCUT2D eigenvalue weighted by Gasteiger charge is 2.24. The van der Waals surface area contributed by atoms with Gasteiger partial charge in [-0.05, 0) is 157 Å². The van der Waals surface area contributed by atoms with Gasteiger partial charge in [0.15, 0.2) is 0 Å². The Balaban J connectivity index is 0.763. The van der Waals surface area contributed by atoms with Crippen LogP contribution in [0.15, 0.2) is 352 Å². The maximum Gasteiger partial charge on any atom is 0.137 e. The zero-order chi connectivity index (χ0) is 62.1. The van der Waals surface area contributed by atoms with E-state index in [0.29, 0.717) is 0 Å². The van der Waals surface area contributed by atoms with Gasteiger partial charge in [-0.1, -0.05) is 194 Å². The molecule has 0 bridgehead atoms. The molecule has 18 rings (SSSR count). The molecule has 0 fully saturated rings. The lowest BCUT2D eigenvalue weighted by molar-refractivity contribution is 1.18. The van der Waals surface area contributed by atoms with Gasteiger partial charge in [0.1, 0.15) is 11.3 Å². The molecule has 18 aromatic rings. The Bertz CT molecular complexity index is 5480. The number of imidazole rings is 2. The van der Waals surface area contributed by atoms with E-state index in [4.69, 9.17) is 9.97 Å². The number of fused-ring (bicyclic) bond motifs is 8. The van der Waals surface area contributed by atoms with E-state index in [9.17, 15) is 0 Å². The molecule has 0 N–H and O–H groups in total. The first-order valence-electron chi connectivity index (χ1n) is 31.9. The molecule has 6 heterocycles. The van der Waals surface area contributed by atoms with Crippen LogP contribution in [-0.2, 0) is 0 Å². The number of hydrogen-bond donors (Lipinski definition) is 0. The Morgan fingerprint density at radius 3 is 0.989 bits per heavy atom. The molecule has 8 nitrogen and oxygen atoms in total. The minimum absolute atomic E-state index is 0.895. The first-order chi connectivity index (χ1) is 46.6. The van der Waals surface area contributed by atoms with Gasteiger partial charge in [-0.2, -0.15) is 0 Å². The molecule has 0 spiro atoms. The van der Waals surface area contributed by atoms with Gasteiger partial charge in [0.25, 0.3) is 0 Å². The van der Waals surface area contributed by atoms with E-state index in [0.717, 1.165) is 135 Å². The van der Waals surface area contributed by atoms with Gasteiger partial charge in [0.05, 0.1) is 44.8 Å². The summed E-state index contributed by atoms with van der Waals surface area (Å²) in [4.78, 5) is 15.3. The summed E-state index contributed by atoms with van der Waals surface area (Å²) in [6, 6.07) is 122. The molecule has 0 saturated carbocycles. The molecular weight excluding hydrogens is 1150 g/mol. The molecular formula is C86H58N8. The van der Waals surface area contributed by atoms with E-state index in [2.05, 4.69) is 380 Å². The highest BCUT2D eigenvalue weighted by molar-refractivity contribution is 6.12. The topological polar surface area (TPSA) is 50.9 Å². The fourth-order valence-electron chi connectivity index (χ4n) is 14.1. The lowest BCUT2D eigenvalue weighted by Crippen LogP contribution is -2.10. The average molecular weight is 1200 g/mol. The van der Waals surface area contributed by atoms with Gasteiger partial charge < -0.3 is 18.9 Å². The summed E-state index contributed by atoms with van der Waals surface area (Å²) >= 11 is 0. The molecule has 6 aromatic heterocycles. The minimum atomic E-state index is 0.895. The predicted octanol–water partition coefficient (Wildman–Crippen LogP) is 22.5. The third-order valence-electron chi connectivity index (χ3n) is 18.4. The number of para-hydroxylation sites is 4. The molecule has 442 valence electrons.